The molecule has 0 aromatic carbocycles. The molecule has 1 heterocycles. The molecular weight excluding hydrogens is 168 g/mol. The minimum absolute atomic E-state index is 0.0896. The summed E-state index contributed by atoms with van der Waals surface area (Å²) in [6.45, 7) is 3.12. The molecule has 0 spiro atoms. The normalized spacial score (nSPS) is 10.1. The Hall–Kier alpha value is -1.29. The van der Waals surface area contributed by atoms with Crippen molar-refractivity contribution in [2.45, 2.75) is 13.5 Å². The maximum atomic E-state index is 11.3. The van der Waals surface area contributed by atoms with Crippen LogP contribution in [0, 0.1) is 6.92 Å². The quantitative estimate of drug-likeness (QED) is 0.722. The van der Waals surface area contributed by atoms with E-state index in [1.165, 1.54) is 7.11 Å². The van der Waals surface area contributed by atoms with Gasteiger partial charge in [-0.05, 0) is 6.92 Å². The number of aryl methyl sites for hydroxylation is 1. The highest BCUT2D eigenvalue weighted by Crippen LogP contribution is 2.04. The van der Waals surface area contributed by atoms with Crippen LogP contribution in [-0.4, -0.2) is 18.2 Å². The first kappa shape index (κ1) is 9.80. The number of aromatic nitrogens is 1. The van der Waals surface area contributed by atoms with Gasteiger partial charge in [0.15, 0.2) is 5.75 Å². The number of rotatable bonds is 3. The van der Waals surface area contributed by atoms with Crippen LogP contribution in [0.5, 0.6) is 5.75 Å². The third-order valence-electron chi connectivity index (χ3n) is 1.90. The first-order chi connectivity index (χ1) is 6.19. The average Bonchev–Trinajstić information content (AvgIpc) is 2.10. The van der Waals surface area contributed by atoms with Crippen molar-refractivity contribution in [1.29, 1.82) is 0 Å². The van der Waals surface area contributed by atoms with Gasteiger partial charge in [-0.25, -0.2) is 0 Å². The van der Waals surface area contributed by atoms with Gasteiger partial charge in [0.1, 0.15) is 0 Å². The third-order valence-corrected chi connectivity index (χ3v) is 1.90. The number of nitrogens with two attached hydrogens (primary N) is 1. The highest BCUT2D eigenvalue weighted by molar-refractivity contribution is 5.21. The summed E-state index contributed by atoms with van der Waals surface area (Å²) < 4.78 is 6.82. The van der Waals surface area contributed by atoms with Crippen molar-refractivity contribution in [1.82, 2.24) is 4.57 Å². The zero-order valence-corrected chi connectivity index (χ0v) is 7.91. The van der Waals surface area contributed by atoms with Gasteiger partial charge in [0.25, 0.3) is 0 Å². The lowest BCUT2D eigenvalue weighted by Gasteiger charge is -2.10. The molecule has 72 valence electrons. The van der Waals surface area contributed by atoms with Crippen LogP contribution in [0.15, 0.2) is 17.1 Å². The number of methoxy groups -OCH3 is 1. The Bertz CT molecular complexity index is 344. The Morgan fingerprint density at radius 1 is 1.62 bits per heavy atom. The summed E-state index contributed by atoms with van der Waals surface area (Å²) in [5.74, 6) is 0.360. The SMILES string of the molecule is COc1cn(CCN)c(C)cc1=O. The van der Waals surface area contributed by atoms with Crippen LogP contribution in [-0.2, 0) is 6.54 Å². The summed E-state index contributed by atoms with van der Waals surface area (Å²) in [5.41, 5.74) is 6.23. The number of hydrogen-bond donors (Lipinski definition) is 1. The van der Waals surface area contributed by atoms with E-state index in [9.17, 15) is 4.79 Å². The second-order valence-corrected chi connectivity index (χ2v) is 2.83. The molecule has 0 saturated carbocycles. The van der Waals surface area contributed by atoms with Gasteiger partial charge >= 0.3 is 0 Å². The van der Waals surface area contributed by atoms with E-state index >= 15 is 0 Å². The van der Waals surface area contributed by atoms with Gasteiger partial charge in [-0.1, -0.05) is 0 Å². The van der Waals surface area contributed by atoms with Crippen LogP contribution in [0.1, 0.15) is 5.69 Å². The van der Waals surface area contributed by atoms with E-state index in [4.69, 9.17) is 10.5 Å². The summed E-state index contributed by atoms with van der Waals surface area (Å²) in [6, 6.07) is 1.55. The van der Waals surface area contributed by atoms with Crippen molar-refractivity contribution in [2.75, 3.05) is 13.7 Å². The Balaban J connectivity index is 3.14. The maximum Gasteiger partial charge on any atom is 0.223 e. The van der Waals surface area contributed by atoms with Crippen LogP contribution >= 0.6 is 0 Å². The molecule has 1 rings (SSSR count). The number of nitrogens with zero attached hydrogens (tertiary/aromatic N) is 1. The first-order valence-corrected chi connectivity index (χ1v) is 4.14. The standard InChI is InChI=1S/C9H14N2O2/c1-7-5-8(12)9(13-2)6-11(7)4-3-10/h5-6H,3-4,10H2,1-2H3. The molecule has 0 aliphatic heterocycles. The molecule has 0 aliphatic rings. The minimum Gasteiger partial charge on any atom is -0.491 e. The first-order valence-electron chi connectivity index (χ1n) is 4.14. The average molecular weight is 182 g/mol. The Morgan fingerprint density at radius 2 is 2.31 bits per heavy atom. The number of ether oxygens (including phenoxy) is 1. The fraction of sp³-hybridized carbons (Fsp3) is 0.444. The molecule has 0 bridgehead atoms. The van der Waals surface area contributed by atoms with Gasteiger partial charge in [-0.2, -0.15) is 0 Å². The lowest BCUT2D eigenvalue weighted by molar-refractivity contribution is 0.404. The molecule has 1 aromatic heterocycles. The summed E-state index contributed by atoms with van der Waals surface area (Å²) in [4.78, 5) is 11.3. The van der Waals surface area contributed by atoms with Crippen molar-refractivity contribution in [3.05, 3.63) is 28.2 Å². The van der Waals surface area contributed by atoms with Crippen LogP contribution in [0.2, 0.25) is 0 Å². The molecule has 0 aliphatic carbocycles. The smallest absolute Gasteiger partial charge is 0.223 e. The van der Waals surface area contributed by atoms with Gasteiger partial charge in [0, 0.05) is 24.8 Å². The van der Waals surface area contributed by atoms with Gasteiger partial charge < -0.3 is 15.0 Å². The molecule has 0 amide bonds. The van der Waals surface area contributed by atoms with Crippen LogP contribution in [0.3, 0.4) is 0 Å². The largest absolute Gasteiger partial charge is 0.491 e. The molecular formula is C9H14N2O2. The Morgan fingerprint density at radius 3 is 2.85 bits per heavy atom. The Labute approximate surface area is 76.9 Å². The van der Waals surface area contributed by atoms with E-state index in [0.29, 0.717) is 18.8 Å². The van der Waals surface area contributed by atoms with Crippen molar-refractivity contribution in [3.63, 3.8) is 0 Å². The fourth-order valence-electron chi connectivity index (χ4n) is 1.18. The van der Waals surface area contributed by atoms with Crippen LogP contribution < -0.4 is 15.9 Å². The predicted molar refractivity (Wildman–Crippen MR) is 51.0 cm³/mol. The number of hydrogen-bond acceptors (Lipinski definition) is 3. The van der Waals surface area contributed by atoms with E-state index in [1.54, 1.807) is 12.3 Å². The summed E-state index contributed by atoms with van der Waals surface area (Å²) in [6.07, 6.45) is 1.69. The van der Waals surface area contributed by atoms with Gasteiger partial charge in [0.2, 0.25) is 5.43 Å². The van der Waals surface area contributed by atoms with E-state index in [0.717, 1.165) is 5.69 Å². The highest BCUT2D eigenvalue weighted by Gasteiger charge is 2.02. The van der Waals surface area contributed by atoms with Gasteiger partial charge in [0.05, 0.1) is 13.3 Å². The molecule has 2 N–H and O–H groups in total. The van der Waals surface area contributed by atoms with Gasteiger partial charge in [-0.3, -0.25) is 4.79 Å². The lowest BCUT2D eigenvalue weighted by atomic mass is 10.3. The fourth-order valence-corrected chi connectivity index (χ4v) is 1.18. The summed E-state index contributed by atoms with van der Waals surface area (Å²) in [5, 5.41) is 0. The molecule has 1 aromatic rings. The van der Waals surface area contributed by atoms with Crippen molar-refractivity contribution in [3.8, 4) is 5.75 Å². The molecule has 4 nitrogen and oxygen atoms in total. The summed E-state index contributed by atoms with van der Waals surface area (Å²) in [7, 11) is 1.48. The molecule has 0 unspecified atom stereocenters. The van der Waals surface area contributed by atoms with Crippen molar-refractivity contribution < 1.29 is 4.74 Å². The highest BCUT2D eigenvalue weighted by atomic mass is 16.5. The summed E-state index contributed by atoms with van der Waals surface area (Å²) >= 11 is 0. The molecule has 0 fully saturated rings. The molecule has 4 heteroatoms. The van der Waals surface area contributed by atoms with E-state index in [-0.39, 0.29) is 5.43 Å². The lowest BCUT2D eigenvalue weighted by Crippen LogP contribution is -2.16. The zero-order valence-electron chi connectivity index (χ0n) is 7.91. The molecule has 0 saturated heterocycles. The molecule has 13 heavy (non-hydrogen) atoms. The minimum atomic E-state index is -0.0896. The van der Waals surface area contributed by atoms with E-state index in [2.05, 4.69) is 0 Å². The van der Waals surface area contributed by atoms with E-state index < -0.39 is 0 Å². The van der Waals surface area contributed by atoms with Gasteiger partial charge in [-0.15, -0.1) is 0 Å². The van der Waals surface area contributed by atoms with Crippen LogP contribution in [0.25, 0.3) is 0 Å². The van der Waals surface area contributed by atoms with Crippen LogP contribution in [0.4, 0.5) is 0 Å². The Kier molecular flexibility index (Phi) is 3.08. The molecule has 0 atom stereocenters. The van der Waals surface area contributed by atoms with Crippen molar-refractivity contribution >= 4 is 0 Å². The molecule has 0 radical (unpaired) electrons. The monoisotopic (exact) mass is 182 g/mol. The maximum absolute atomic E-state index is 11.3. The van der Waals surface area contributed by atoms with E-state index in [1.807, 2.05) is 11.5 Å². The topological polar surface area (TPSA) is 57.2 Å². The number of pyridine rings is 1. The second-order valence-electron chi connectivity index (χ2n) is 2.83. The van der Waals surface area contributed by atoms with Crippen molar-refractivity contribution in [2.24, 2.45) is 5.73 Å². The second kappa shape index (κ2) is 4.09. The third kappa shape index (κ3) is 2.09. The predicted octanol–water partition coefficient (Wildman–Crippen LogP) is 0.124. The zero-order chi connectivity index (χ0) is 9.84.